The van der Waals surface area contributed by atoms with Crippen LogP contribution in [0.25, 0.3) is 0 Å². The Morgan fingerprint density at radius 2 is 1.11 bits per heavy atom. The van der Waals surface area contributed by atoms with Gasteiger partial charge in [0.2, 0.25) is 19.7 Å². The molecule has 0 radical (unpaired) electrons. The van der Waals surface area contributed by atoms with E-state index in [1.807, 2.05) is 25.2 Å². The lowest BCUT2D eigenvalue weighted by molar-refractivity contribution is 0.527. The monoisotopic (exact) mass is 700 g/mol. The first-order valence-corrected chi connectivity index (χ1v) is 18.9. The van der Waals surface area contributed by atoms with Gasteiger partial charge < -0.3 is 11.1 Å². The van der Waals surface area contributed by atoms with E-state index in [0.717, 1.165) is 56.2 Å². The molecule has 0 amide bonds. The van der Waals surface area contributed by atoms with Crippen molar-refractivity contribution in [3.63, 3.8) is 0 Å². The lowest BCUT2D eigenvalue weighted by Gasteiger charge is -2.25. The van der Waals surface area contributed by atoms with E-state index in [9.17, 15) is 16.8 Å². The van der Waals surface area contributed by atoms with Gasteiger partial charge in [0.25, 0.3) is 0 Å². The number of aryl methyl sites for hydroxylation is 2. The third kappa shape index (κ3) is 7.87. The molecular formula is C36H42Cl2N2O4S2. The van der Waals surface area contributed by atoms with Crippen molar-refractivity contribution in [1.82, 2.24) is 5.32 Å². The van der Waals surface area contributed by atoms with Crippen molar-refractivity contribution in [1.29, 1.82) is 0 Å². The molecule has 0 bridgehead atoms. The zero-order valence-corrected chi connectivity index (χ0v) is 28.3. The normalized spacial score (nSPS) is 17.5. The maximum atomic E-state index is 12.8. The summed E-state index contributed by atoms with van der Waals surface area (Å²) < 4.78 is 51.1. The highest BCUT2D eigenvalue weighted by atomic mass is 35.5. The van der Waals surface area contributed by atoms with E-state index >= 15 is 0 Å². The Morgan fingerprint density at radius 1 is 0.674 bits per heavy atom. The first-order chi connectivity index (χ1) is 21.5. The molecule has 0 aromatic heterocycles. The largest absolute Gasteiger partial charge is 0.330 e. The lowest BCUT2D eigenvalue weighted by atomic mass is 9.83. The second kappa shape index (κ2) is 15.5. The van der Waals surface area contributed by atoms with Gasteiger partial charge in [-0.2, -0.15) is 0 Å². The van der Waals surface area contributed by atoms with Crippen molar-refractivity contribution < 1.29 is 16.8 Å². The standard InChI is InChI=1S/C18H20ClNO2S.C17H18ClNO2S.CH4/c1-20-12-14-5-2-4-13-10-17(8-9-18(13)14)23(21,22)16-7-3-6-15(19)11-16;18-14-5-2-6-15(10-14)22(20,21)16-7-8-17-12(9-16)3-1-4-13(17)11-19;/h3,6-11,14,20H,2,4-5,12H2,1H3;2,5-10,13H,1,3-4,11,19H2;1H4. The van der Waals surface area contributed by atoms with Crippen LogP contribution in [0.5, 0.6) is 0 Å². The molecule has 0 saturated carbocycles. The fraction of sp³-hybridized carbons (Fsp3) is 0.333. The van der Waals surface area contributed by atoms with Crippen LogP contribution in [0.1, 0.15) is 67.2 Å². The minimum absolute atomic E-state index is 0. The second-order valence-corrected chi connectivity index (χ2v) is 16.4. The SMILES string of the molecule is C.CNCC1CCCc2cc(S(=O)(=O)c3cccc(Cl)c3)ccc21.NCC1CCCc2cc(S(=O)(=O)c3cccc(Cl)c3)ccc21. The molecule has 46 heavy (non-hydrogen) atoms. The predicted molar refractivity (Wildman–Crippen MR) is 188 cm³/mol. The van der Waals surface area contributed by atoms with Gasteiger partial charge in [0, 0.05) is 16.6 Å². The van der Waals surface area contributed by atoms with Gasteiger partial charge in [-0.15, -0.1) is 0 Å². The Bertz CT molecular complexity index is 1900. The summed E-state index contributed by atoms with van der Waals surface area (Å²) >= 11 is 11.8. The van der Waals surface area contributed by atoms with Crippen molar-refractivity contribution >= 4 is 42.9 Å². The van der Waals surface area contributed by atoms with E-state index < -0.39 is 19.7 Å². The van der Waals surface area contributed by atoms with Gasteiger partial charge in [-0.3, -0.25) is 0 Å². The Labute approximate surface area is 284 Å². The van der Waals surface area contributed by atoms with Crippen LogP contribution in [-0.4, -0.2) is 37.0 Å². The molecule has 0 aliphatic heterocycles. The maximum absolute atomic E-state index is 12.8. The summed E-state index contributed by atoms with van der Waals surface area (Å²) in [5.74, 6) is 0.804. The number of halogens is 2. The fourth-order valence-corrected chi connectivity index (χ4v) is 9.58. The first-order valence-electron chi connectivity index (χ1n) is 15.2. The number of hydrogen-bond donors (Lipinski definition) is 2. The van der Waals surface area contributed by atoms with E-state index in [1.54, 1.807) is 54.6 Å². The highest BCUT2D eigenvalue weighted by Gasteiger charge is 2.25. The van der Waals surface area contributed by atoms with Gasteiger partial charge >= 0.3 is 0 Å². The number of fused-ring (bicyclic) bond motifs is 2. The molecule has 4 aromatic carbocycles. The van der Waals surface area contributed by atoms with Crippen LogP contribution in [0.4, 0.5) is 0 Å². The Kier molecular flexibility index (Phi) is 12.1. The van der Waals surface area contributed by atoms with Gasteiger partial charge in [-0.25, -0.2) is 16.8 Å². The molecule has 2 unspecified atom stereocenters. The summed E-state index contributed by atoms with van der Waals surface area (Å²) in [5.41, 5.74) is 10.5. The molecule has 0 fully saturated rings. The van der Waals surface area contributed by atoms with Crippen molar-refractivity contribution in [2.24, 2.45) is 5.73 Å². The third-order valence-corrected chi connectivity index (χ3v) is 12.6. The van der Waals surface area contributed by atoms with Crippen molar-refractivity contribution in [2.45, 2.75) is 77.4 Å². The van der Waals surface area contributed by atoms with Gasteiger partial charge in [0.1, 0.15) is 0 Å². The third-order valence-electron chi connectivity index (χ3n) is 8.67. The maximum Gasteiger partial charge on any atom is 0.206 e. The number of sulfone groups is 2. The molecule has 0 saturated heterocycles. The molecule has 6 nitrogen and oxygen atoms in total. The van der Waals surface area contributed by atoms with Crippen LogP contribution < -0.4 is 11.1 Å². The second-order valence-electron chi connectivity index (χ2n) is 11.6. The van der Waals surface area contributed by atoms with E-state index in [0.29, 0.717) is 38.2 Å². The van der Waals surface area contributed by atoms with Crippen LogP contribution in [0, 0.1) is 0 Å². The van der Waals surface area contributed by atoms with Gasteiger partial charge in [-0.1, -0.05) is 54.9 Å². The van der Waals surface area contributed by atoms with Crippen molar-refractivity contribution in [2.75, 3.05) is 20.1 Å². The van der Waals surface area contributed by atoms with E-state index in [-0.39, 0.29) is 17.2 Å². The van der Waals surface area contributed by atoms with Crippen LogP contribution >= 0.6 is 23.2 Å². The molecule has 10 heteroatoms. The van der Waals surface area contributed by atoms with Gasteiger partial charge in [0.15, 0.2) is 0 Å². The highest BCUT2D eigenvalue weighted by Crippen LogP contribution is 2.35. The number of benzene rings is 4. The quantitative estimate of drug-likeness (QED) is 0.202. The average Bonchev–Trinajstić information content (AvgIpc) is 3.04. The molecule has 4 aromatic rings. The van der Waals surface area contributed by atoms with E-state index in [1.165, 1.54) is 23.3 Å². The van der Waals surface area contributed by atoms with Crippen molar-refractivity contribution in [3.8, 4) is 0 Å². The van der Waals surface area contributed by atoms with Gasteiger partial charge in [-0.05, 0) is 147 Å². The molecule has 3 N–H and O–H groups in total. The van der Waals surface area contributed by atoms with Gasteiger partial charge in [0.05, 0.1) is 19.6 Å². The summed E-state index contributed by atoms with van der Waals surface area (Å²) in [7, 11) is -5.11. The molecular weight excluding hydrogens is 659 g/mol. The van der Waals surface area contributed by atoms with Crippen LogP contribution in [0.15, 0.2) is 105 Å². The summed E-state index contributed by atoms with van der Waals surface area (Å²) in [6.45, 7) is 1.53. The average molecular weight is 702 g/mol. The topological polar surface area (TPSA) is 106 Å². The smallest absolute Gasteiger partial charge is 0.206 e. The highest BCUT2D eigenvalue weighted by molar-refractivity contribution is 7.91. The molecule has 246 valence electrons. The Morgan fingerprint density at radius 3 is 1.54 bits per heavy atom. The molecule has 2 atom stereocenters. The molecule has 6 rings (SSSR count). The number of likely N-dealkylation sites (N-methyl/N-ethyl adjacent to an activating group) is 1. The number of nitrogens with one attached hydrogen (secondary N) is 1. The molecule has 2 aliphatic rings. The Balaban J connectivity index is 0.000000205. The molecule has 0 heterocycles. The van der Waals surface area contributed by atoms with E-state index in [2.05, 4.69) is 5.32 Å². The lowest BCUT2D eigenvalue weighted by Crippen LogP contribution is -2.21. The first kappa shape index (κ1) is 36.1. The fourth-order valence-electron chi connectivity index (χ4n) is 6.36. The summed E-state index contributed by atoms with van der Waals surface area (Å²) in [5, 5.41) is 4.07. The zero-order chi connectivity index (χ0) is 32.2. The molecule has 0 spiro atoms. The minimum Gasteiger partial charge on any atom is -0.330 e. The Hall–Kier alpha value is -2.72. The zero-order valence-electron chi connectivity index (χ0n) is 25.2. The minimum atomic E-state index is -3.53. The van der Waals surface area contributed by atoms with Crippen LogP contribution in [-0.2, 0) is 32.5 Å². The predicted octanol–water partition coefficient (Wildman–Crippen LogP) is 8.00. The van der Waals surface area contributed by atoms with Crippen molar-refractivity contribution in [3.05, 3.63) is 117 Å². The van der Waals surface area contributed by atoms with Crippen LogP contribution in [0.3, 0.4) is 0 Å². The summed E-state index contributed by atoms with van der Waals surface area (Å²) in [6.07, 6.45) is 6.22. The van der Waals surface area contributed by atoms with Crippen LogP contribution in [0.2, 0.25) is 10.0 Å². The number of hydrogen-bond acceptors (Lipinski definition) is 6. The molecule has 2 aliphatic carbocycles. The summed E-state index contributed by atoms with van der Waals surface area (Å²) in [6, 6.07) is 23.8. The number of rotatable bonds is 7. The van der Waals surface area contributed by atoms with E-state index in [4.69, 9.17) is 28.9 Å². The number of nitrogens with two attached hydrogens (primary N) is 1. The summed E-state index contributed by atoms with van der Waals surface area (Å²) in [4.78, 5) is 1.15.